The van der Waals surface area contributed by atoms with Crippen LogP contribution in [0.1, 0.15) is 5.56 Å². The number of carboxylic acid groups (broad SMARTS) is 1. The molecule has 0 spiro atoms. The van der Waals surface area contributed by atoms with Crippen LogP contribution in [0, 0.1) is 11.6 Å². The third kappa shape index (κ3) is 3.51. The summed E-state index contributed by atoms with van der Waals surface area (Å²) in [5.74, 6) is -2.01. The van der Waals surface area contributed by atoms with Gasteiger partial charge in [0.1, 0.15) is 11.6 Å². The van der Waals surface area contributed by atoms with Gasteiger partial charge < -0.3 is 10.4 Å². The van der Waals surface area contributed by atoms with Crippen molar-refractivity contribution in [2.75, 3.05) is 5.32 Å². The number of anilines is 2. The molecule has 0 aliphatic rings. The number of aliphatic carboxylic acids is 1. The second kappa shape index (κ2) is 5.48. The summed E-state index contributed by atoms with van der Waals surface area (Å²) in [6, 6.07) is 9.60. The second-order valence-corrected chi connectivity index (χ2v) is 4.02. The molecule has 0 unspecified atom stereocenters. The highest BCUT2D eigenvalue weighted by Gasteiger charge is 2.05. The van der Waals surface area contributed by atoms with Gasteiger partial charge in [0.2, 0.25) is 0 Å². The van der Waals surface area contributed by atoms with E-state index in [-0.39, 0.29) is 12.1 Å². The topological polar surface area (TPSA) is 49.3 Å². The van der Waals surface area contributed by atoms with Crippen LogP contribution in [0.2, 0.25) is 0 Å². The third-order valence-electron chi connectivity index (χ3n) is 2.52. The molecule has 19 heavy (non-hydrogen) atoms. The standard InChI is InChI=1S/C14H11F2NO2/c15-10-3-6-12(16)13(8-10)17-11-4-1-9(2-5-11)7-14(18)19/h1-6,8,17H,7H2,(H,18,19). The highest BCUT2D eigenvalue weighted by Crippen LogP contribution is 2.21. The van der Waals surface area contributed by atoms with Crippen LogP contribution in [0.3, 0.4) is 0 Å². The van der Waals surface area contributed by atoms with Crippen molar-refractivity contribution >= 4 is 17.3 Å². The lowest BCUT2D eigenvalue weighted by atomic mass is 10.1. The Morgan fingerprint density at radius 3 is 2.42 bits per heavy atom. The lowest BCUT2D eigenvalue weighted by molar-refractivity contribution is -0.136. The molecular weight excluding hydrogens is 252 g/mol. The van der Waals surface area contributed by atoms with Crippen molar-refractivity contribution in [3.05, 3.63) is 59.7 Å². The minimum absolute atomic E-state index is 0.0333. The lowest BCUT2D eigenvalue weighted by Crippen LogP contribution is -2.00. The van der Waals surface area contributed by atoms with Gasteiger partial charge in [0.05, 0.1) is 12.1 Å². The van der Waals surface area contributed by atoms with Gasteiger partial charge in [0, 0.05) is 11.8 Å². The number of hydrogen-bond donors (Lipinski definition) is 2. The third-order valence-corrected chi connectivity index (χ3v) is 2.52. The first-order chi connectivity index (χ1) is 9.04. The number of rotatable bonds is 4. The van der Waals surface area contributed by atoms with Crippen LogP contribution >= 0.6 is 0 Å². The summed E-state index contributed by atoms with van der Waals surface area (Å²) in [5.41, 5.74) is 1.22. The Balaban J connectivity index is 2.15. The van der Waals surface area contributed by atoms with E-state index in [1.165, 1.54) is 0 Å². The van der Waals surface area contributed by atoms with Crippen molar-refractivity contribution in [3.8, 4) is 0 Å². The number of carbonyl (C=O) groups is 1. The molecule has 5 heteroatoms. The molecule has 0 amide bonds. The zero-order valence-corrected chi connectivity index (χ0v) is 9.86. The molecule has 0 aliphatic heterocycles. The Morgan fingerprint density at radius 1 is 1.11 bits per heavy atom. The molecule has 0 heterocycles. The van der Waals surface area contributed by atoms with Gasteiger partial charge >= 0.3 is 5.97 Å². The summed E-state index contributed by atoms with van der Waals surface area (Å²) >= 11 is 0. The molecule has 0 radical (unpaired) electrons. The first-order valence-corrected chi connectivity index (χ1v) is 5.57. The second-order valence-electron chi connectivity index (χ2n) is 4.02. The first kappa shape index (κ1) is 13.0. The van der Waals surface area contributed by atoms with Crippen molar-refractivity contribution in [2.24, 2.45) is 0 Å². The Kier molecular flexibility index (Phi) is 3.75. The van der Waals surface area contributed by atoms with Crippen LogP contribution in [-0.2, 0) is 11.2 Å². The molecule has 2 N–H and O–H groups in total. The average Bonchev–Trinajstić information content (AvgIpc) is 2.35. The quantitative estimate of drug-likeness (QED) is 0.889. The number of nitrogens with one attached hydrogen (secondary N) is 1. The molecule has 0 atom stereocenters. The number of halogens is 2. The van der Waals surface area contributed by atoms with E-state index in [9.17, 15) is 13.6 Å². The van der Waals surface area contributed by atoms with E-state index in [2.05, 4.69) is 5.32 Å². The van der Waals surface area contributed by atoms with Gasteiger partial charge in [-0.25, -0.2) is 8.78 Å². The minimum Gasteiger partial charge on any atom is -0.481 e. The lowest BCUT2D eigenvalue weighted by Gasteiger charge is -2.08. The fraction of sp³-hybridized carbons (Fsp3) is 0.0714. The zero-order valence-electron chi connectivity index (χ0n) is 9.86. The molecule has 0 aromatic heterocycles. The Labute approximate surface area is 108 Å². The molecule has 0 fully saturated rings. The van der Waals surface area contributed by atoms with E-state index in [0.29, 0.717) is 11.3 Å². The number of benzene rings is 2. The van der Waals surface area contributed by atoms with E-state index in [1.54, 1.807) is 24.3 Å². The Hall–Kier alpha value is -2.43. The van der Waals surface area contributed by atoms with Crippen LogP contribution in [0.5, 0.6) is 0 Å². The molecule has 0 saturated heterocycles. The van der Waals surface area contributed by atoms with Crippen LogP contribution in [0.25, 0.3) is 0 Å². The summed E-state index contributed by atoms with van der Waals surface area (Å²) in [6.07, 6.45) is -0.0748. The molecule has 3 nitrogen and oxygen atoms in total. The van der Waals surface area contributed by atoms with Gasteiger partial charge in [-0.05, 0) is 29.8 Å². The van der Waals surface area contributed by atoms with E-state index in [4.69, 9.17) is 5.11 Å². The summed E-state index contributed by atoms with van der Waals surface area (Å²) in [5, 5.41) is 11.4. The zero-order chi connectivity index (χ0) is 13.8. The van der Waals surface area contributed by atoms with Crippen molar-refractivity contribution < 1.29 is 18.7 Å². The fourth-order valence-electron chi connectivity index (χ4n) is 1.63. The van der Waals surface area contributed by atoms with Gasteiger partial charge in [-0.3, -0.25) is 4.79 Å². The van der Waals surface area contributed by atoms with E-state index in [1.807, 2.05) is 0 Å². The van der Waals surface area contributed by atoms with Crippen molar-refractivity contribution in [2.45, 2.75) is 6.42 Å². The first-order valence-electron chi connectivity index (χ1n) is 5.57. The summed E-state index contributed by atoms with van der Waals surface area (Å²) in [6.45, 7) is 0. The Morgan fingerprint density at radius 2 is 1.79 bits per heavy atom. The largest absolute Gasteiger partial charge is 0.481 e. The van der Waals surface area contributed by atoms with Crippen LogP contribution in [0.15, 0.2) is 42.5 Å². The average molecular weight is 263 g/mol. The number of hydrogen-bond acceptors (Lipinski definition) is 2. The highest BCUT2D eigenvalue weighted by molar-refractivity contribution is 5.70. The molecular formula is C14H11F2NO2. The summed E-state index contributed by atoms with van der Waals surface area (Å²) in [7, 11) is 0. The summed E-state index contributed by atoms with van der Waals surface area (Å²) in [4.78, 5) is 10.5. The summed E-state index contributed by atoms with van der Waals surface area (Å²) < 4.78 is 26.4. The maximum atomic E-state index is 13.4. The SMILES string of the molecule is O=C(O)Cc1ccc(Nc2cc(F)ccc2F)cc1. The van der Waals surface area contributed by atoms with E-state index >= 15 is 0 Å². The molecule has 0 saturated carbocycles. The number of carboxylic acids is 1. The van der Waals surface area contributed by atoms with Gasteiger partial charge in [-0.15, -0.1) is 0 Å². The predicted molar refractivity (Wildman–Crippen MR) is 67.4 cm³/mol. The van der Waals surface area contributed by atoms with Crippen molar-refractivity contribution in [1.29, 1.82) is 0 Å². The van der Waals surface area contributed by atoms with Crippen LogP contribution in [0.4, 0.5) is 20.2 Å². The maximum Gasteiger partial charge on any atom is 0.307 e. The van der Waals surface area contributed by atoms with Crippen LogP contribution < -0.4 is 5.32 Å². The predicted octanol–water partition coefficient (Wildman–Crippen LogP) is 3.34. The van der Waals surface area contributed by atoms with Crippen LogP contribution in [-0.4, -0.2) is 11.1 Å². The van der Waals surface area contributed by atoms with Gasteiger partial charge in [0.25, 0.3) is 0 Å². The van der Waals surface area contributed by atoms with Gasteiger partial charge in [-0.2, -0.15) is 0 Å². The fourth-order valence-corrected chi connectivity index (χ4v) is 1.63. The molecule has 2 aromatic rings. The molecule has 98 valence electrons. The smallest absolute Gasteiger partial charge is 0.307 e. The van der Waals surface area contributed by atoms with Gasteiger partial charge in [0.15, 0.2) is 0 Å². The van der Waals surface area contributed by atoms with Crippen molar-refractivity contribution in [1.82, 2.24) is 0 Å². The minimum atomic E-state index is -0.920. The molecule has 0 bridgehead atoms. The monoisotopic (exact) mass is 263 g/mol. The van der Waals surface area contributed by atoms with E-state index in [0.717, 1.165) is 18.2 Å². The molecule has 0 aliphatic carbocycles. The highest BCUT2D eigenvalue weighted by atomic mass is 19.1. The molecule has 2 aromatic carbocycles. The van der Waals surface area contributed by atoms with E-state index < -0.39 is 17.6 Å². The normalized spacial score (nSPS) is 10.2. The molecule has 2 rings (SSSR count). The van der Waals surface area contributed by atoms with Gasteiger partial charge in [-0.1, -0.05) is 12.1 Å². The maximum absolute atomic E-state index is 13.4. The van der Waals surface area contributed by atoms with Crippen molar-refractivity contribution in [3.63, 3.8) is 0 Å². The Bertz CT molecular complexity index is 597.